The molecule has 1 aliphatic heterocycles. The van der Waals surface area contributed by atoms with Crippen LogP contribution in [0.25, 0.3) is 0 Å². The highest BCUT2D eigenvalue weighted by Gasteiger charge is 2.63. The summed E-state index contributed by atoms with van der Waals surface area (Å²) in [7, 11) is 3.15. The fraction of sp³-hybridized carbons (Fsp3) is 0.258. The van der Waals surface area contributed by atoms with Gasteiger partial charge < -0.3 is 24.4 Å². The summed E-state index contributed by atoms with van der Waals surface area (Å²) in [5.74, 6) is 1.25. The van der Waals surface area contributed by atoms with E-state index in [-0.39, 0.29) is 18.1 Å². The van der Waals surface area contributed by atoms with Crippen LogP contribution in [0.15, 0.2) is 94.6 Å². The number of nitrogens with one attached hydrogen (secondary N) is 1. The predicted molar refractivity (Wildman–Crippen MR) is 148 cm³/mol. The van der Waals surface area contributed by atoms with Crippen LogP contribution in [0.1, 0.15) is 28.7 Å². The molecule has 1 aliphatic rings. The summed E-state index contributed by atoms with van der Waals surface area (Å²) in [6.07, 6.45) is 0.0782. The lowest BCUT2D eigenvalue weighted by Crippen LogP contribution is -2.59. The van der Waals surface area contributed by atoms with E-state index in [9.17, 15) is 19.8 Å². The Kier molecular flexibility index (Phi) is 7.37. The molecule has 1 fully saturated rings. The van der Waals surface area contributed by atoms with Crippen molar-refractivity contribution in [2.75, 3.05) is 20.8 Å². The maximum Gasteiger partial charge on any atom is 0.330 e. The van der Waals surface area contributed by atoms with Crippen LogP contribution in [-0.2, 0) is 15.9 Å². The number of nitrogens with zero attached hydrogens (tertiary/aromatic N) is 1. The first-order chi connectivity index (χ1) is 19.3. The average molecular weight is 544 g/mol. The number of rotatable bonds is 8. The third-order valence-electron chi connectivity index (χ3n) is 7.64. The van der Waals surface area contributed by atoms with E-state index in [0.717, 1.165) is 5.56 Å². The molecule has 0 aliphatic carbocycles. The summed E-state index contributed by atoms with van der Waals surface area (Å²) < 4.78 is 18.9. The molecule has 3 N–H and O–H groups in total. The SMILES string of the molecule is COc1ccc(C(c2ccccc2)(c2ccc(OC)cc2)[C@]2(n3cc(C)c(=O)[nH]c3=O)C[C](O)[C@@H](CO)O2)cc1. The number of aliphatic hydroxyl groups is 2. The minimum atomic E-state index is -1.68. The Morgan fingerprint density at radius 3 is 1.93 bits per heavy atom. The lowest BCUT2D eigenvalue weighted by molar-refractivity contribution is -0.144. The van der Waals surface area contributed by atoms with Crippen LogP contribution in [-0.4, -0.2) is 46.7 Å². The van der Waals surface area contributed by atoms with Gasteiger partial charge in [0.1, 0.15) is 23.7 Å². The van der Waals surface area contributed by atoms with Gasteiger partial charge in [-0.05, 0) is 47.9 Å². The lowest BCUT2D eigenvalue weighted by Gasteiger charge is -2.50. The first kappa shape index (κ1) is 27.4. The molecule has 1 saturated heterocycles. The van der Waals surface area contributed by atoms with Crippen LogP contribution in [0.2, 0.25) is 0 Å². The van der Waals surface area contributed by atoms with Crippen LogP contribution in [0.4, 0.5) is 0 Å². The van der Waals surface area contributed by atoms with Gasteiger partial charge in [-0.2, -0.15) is 0 Å². The Hall–Kier alpha value is -4.18. The molecule has 40 heavy (non-hydrogen) atoms. The molecule has 2 atom stereocenters. The molecule has 0 unspecified atom stereocenters. The largest absolute Gasteiger partial charge is 0.497 e. The molecule has 9 heteroatoms. The zero-order valence-corrected chi connectivity index (χ0v) is 22.5. The number of hydrogen-bond acceptors (Lipinski definition) is 7. The molecule has 0 saturated carbocycles. The monoisotopic (exact) mass is 543 g/mol. The molecule has 1 aromatic heterocycles. The van der Waals surface area contributed by atoms with E-state index in [4.69, 9.17) is 14.2 Å². The third kappa shape index (κ3) is 4.23. The van der Waals surface area contributed by atoms with E-state index in [1.807, 2.05) is 78.9 Å². The highest BCUT2D eigenvalue weighted by atomic mass is 16.6. The van der Waals surface area contributed by atoms with Gasteiger partial charge in [-0.15, -0.1) is 0 Å². The van der Waals surface area contributed by atoms with Gasteiger partial charge in [-0.3, -0.25) is 14.3 Å². The van der Waals surface area contributed by atoms with Gasteiger partial charge in [0, 0.05) is 18.2 Å². The van der Waals surface area contributed by atoms with Gasteiger partial charge in [0.2, 0.25) is 0 Å². The number of aromatic nitrogens is 2. The Bertz CT molecular complexity index is 1530. The van der Waals surface area contributed by atoms with Gasteiger partial charge in [0.05, 0.1) is 26.2 Å². The second-order valence-electron chi connectivity index (χ2n) is 9.76. The van der Waals surface area contributed by atoms with E-state index < -0.39 is 35.1 Å². The molecule has 5 rings (SSSR count). The molecule has 9 nitrogen and oxygen atoms in total. The minimum absolute atomic E-state index is 0.124. The second-order valence-corrected chi connectivity index (χ2v) is 9.76. The molecule has 0 spiro atoms. The Morgan fingerprint density at radius 1 is 0.925 bits per heavy atom. The van der Waals surface area contributed by atoms with Crippen LogP contribution in [0, 0.1) is 13.0 Å². The van der Waals surface area contributed by atoms with Crippen LogP contribution < -0.4 is 20.7 Å². The van der Waals surface area contributed by atoms with Crippen LogP contribution in [0.3, 0.4) is 0 Å². The van der Waals surface area contributed by atoms with Gasteiger partial charge in [0.15, 0.2) is 5.72 Å². The van der Waals surface area contributed by atoms with E-state index in [1.54, 1.807) is 21.1 Å². The Labute approximate surface area is 231 Å². The van der Waals surface area contributed by atoms with Crippen molar-refractivity contribution in [1.29, 1.82) is 0 Å². The maximum absolute atomic E-state index is 13.7. The van der Waals surface area contributed by atoms with E-state index in [2.05, 4.69) is 4.98 Å². The topological polar surface area (TPSA) is 123 Å². The van der Waals surface area contributed by atoms with Crippen molar-refractivity contribution in [3.8, 4) is 11.5 Å². The number of ether oxygens (including phenoxy) is 3. The molecule has 1 radical (unpaired) electrons. The number of methoxy groups -OCH3 is 2. The Morgan fingerprint density at radius 2 is 1.45 bits per heavy atom. The molecule has 3 aromatic carbocycles. The number of aliphatic hydroxyl groups excluding tert-OH is 2. The Balaban J connectivity index is 1.99. The number of benzene rings is 3. The quantitative estimate of drug-likeness (QED) is 0.292. The first-order valence-corrected chi connectivity index (χ1v) is 12.8. The van der Waals surface area contributed by atoms with Crippen molar-refractivity contribution in [2.45, 2.75) is 30.6 Å². The zero-order chi connectivity index (χ0) is 28.5. The van der Waals surface area contributed by atoms with Crippen molar-refractivity contribution in [3.63, 3.8) is 0 Å². The molecular weight excluding hydrogens is 512 g/mol. The zero-order valence-electron chi connectivity index (χ0n) is 22.5. The summed E-state index contributed by atoms with van der Waals surface area (Å²) in [5.41, 5.74) is -1.78. The lowest BCUT2D eigenvalue weighted by atomic mass is 9.61. The number of aryl methyl sites for hydroxylation is 1. The summed E-state index contributed by atoms with van der Waals surface area (Å²) in [6.45, 7) is 1.08. The molecular formula is C31H31N2O7. The van der Waals surface area contributed by atoms with Gasteiger partial charge >= 0.3 is 5.69 Å². The van der Waals surface area contributed by atoms with Gasteiger partial charge in [-0.1, -0.05) is 54.6 Å². The number of H-pyrrole nitrogens is 1. The van der Waals surface area contributed by atoms with E-state index >= 15 is 0 Å². The van der Waals surface area contributed by atoms with E-state index in [1.165, 1.54) is 10.8 Å². The van der Waals surface area contributed by atoms with Crippen molar-refractivity contribution in [1.82, 2.24) is 9.55 Å². The highest BCUT2D eigenvalue weighted by Crippen LogP contribution is 2.58. The first-order valence-electron chi connectivity index (χ1n) is 12.8. The summed E-state index contributed by atoms with van der Waals surface area (Å²) >= 11 is 0. The molecule has 4 aromatic rings. The predicted octanol–water partition coefficient (Wildman–Crippen LogP) is 3.24. The molecule has 0 amide bonds. The van der Waals surface area contributed by atoms with Crippen molar-refractivity contribution in [3.05, 3.63) is 134 Å². The third-order valence-corrected chi connectivity index (χ3v) is 7.64. The van der Waals surface area contributed by atoms with Gasteiger partial charge in [0.25, 0.3) is 5.56 Å². The average Bonchev–Trinajstić information content (AvgIpc) is 3.33. The smallest absolute Gasteiger partial charge is 0.330 e. The van der Waals surface area contributed by atoms with Crippen molar-refractivity contribution < 1.29 is 24.4 Å². The molecule has 207 valence electrons. The second kappa shape index (κ2) is 10.8. The van der Waals surface area contributed by atoms with Gasteiger partial charge in [-0.25, -0.2) is 4.79 Å². The number of hydrogen-bond donors (Lipinski definition) is 3. The molecule has 0 bridgehead atoms. The minimum Gasteiger partial charge on any atom is -0.497 e. The van der Waals surface area contributed by atoms with Crippen molar-refractivity contribution >= 4 is 0 Å². The highest BCUT2D eigenvalue weighted by molar-refractivity contribution is 5.55. The molecule has 2 heterocycles. The summed E-state index contributed by atoms with van der Waals surface area (Å²) in [5, 5.41) is 21.4. The summed E-state index contributed by atoms with van der Waals surface area (Å²) in [4.78, 5) is 28.5. The number of aromatic amines is 1. The van der Waals surface area contributed by atoms with Crippen LogP contribution in [0.5, 0.6) is 11.5 Å². The fourth-order valence-corrected chi connectivity index (χ4v) is 5.77. The fourth-order valence-electron chi connectivity index (χ4n) is 5.77. The normalized spacial score (nSPS) is 19.5. The van der Waals surface area contributed by atoms with Crippen molar-refractivity contribution in [2.24, 2.45) is 0 Å². The van der Waals surface area contributed by atoms with Crippen LogP contribution >= 0.6 is 0 Å². The maximum atomic E-state index is 13.7. The summed E-state index contributed by atoms with van der Waals surface area (Å²) in [6, 6.07) is 24.3. The standard InChI is InChI=1S/C31H31N2O7/c1-20-18-33(29(37)32-28(20)36)30(17-26(35)27(19-34)40-30)31(21-7-5-4-6-8-21,22-9-13-24(38-2)14-10-22)23-11-15-25(39-3)16-12-23/h4-16,18,27,34-35H,17,19H2,1-3H3,(H,32,36,37)/t27-,30+/m1/s1. The van der Waals surface area contributed by atoms with E-state index in [0.29, 0.717) is 22.6 Å².